The molecule has 0 unspecified atom stereocenters. The number of azo groups is 2. The first-order valence-electron chi connectivity index (χ1n) is 15.3. The molecule has 322 valence electrons. The minimum Gasteiger partial charge on any atom is -0.744 e. The maximum atomic E-state index is 13.0. The number of phenols is 1. The van der Waals surface area contributed by atoms with Crippen molar-refractivity contribution in [2.45, 2.75) is 26.5 Å². The largest absolute Gasteiger partial charge is 1.00 e. The first-order valence-corrected chi connectivity index (χ1v) is 22.7. The van der Waals surface area contributed by atoms with Crippen LogP contribution in [0.2, 0.25) is 0 Å². The van der Waals surface area contributed by atoms with E-state index < -0.39 is 92.6 Å². The molecule has 0 aliphatic heterocycles. The SMILES string of the molecule is COc1cc(S(=O)(=O)CCOSOO[O-])c(C)cc1N=Nc1c(SOO[O-])cc2cc(S(=O)(=O)[O-])c(N=Nc3ccc(S(=O)(=O)CCOS(=O)(=O)[O-])cc3)c(N)c2c1O.[Na+].[Na+].[Na+].[Na+]. The van der Waals surface area contributed by atoms with Gasteiger partial charge in [-0.05, 0) is 60.3 Å². The van der Waals surface area contributed by atoms with Crippen molar-refractivity contribution in [3.8, 4) is 11.5 Å². The zero-order chi connectivity index (χ0) is 43.8. The topological polar surface area (TPSA) is 389 Å². The van der Waals surface area contributed by atoms with E-state index in [1.54, 1.807) is 0 Å². The molecule has 4 aromatic rings. The first-order chi connectivity index (χ1) is 27.6. The summed E-state index contributed by atoms with van der Waals surface area (Å²) in [7, 11) is -17.5. The molecule has 63 heavy (non-hydrogen) atoms. The third-order valence-electron chi connectivity index (χ3n) is 7.38. The predicted molar refractivity (Wildman–Crippen MR) is 194 cm³/mol. The molecule has 0 fully saturated rings. The number of benzene rings is 4. The second-order valence-corrected chi connectivity index (χ2v) is 18.9. The predicted octanol–water partition coefficient (Wildman–Crippen LogP) is -9.75. The number of sulfone groups is 2. The Balaban J connectivity index is 0.00000961. The van der Waals surface area contributed by atoms with Crippen molar-refractivity contribution in [3.63, 3.8) is 0 Å². The van der Waals surface area contributed by atoms with Crippen molar-refractivity contribution in [2.75, 3.05) is 37.6 Å². The van der Waals surface area contributed by atoms with E-state index in [4.69, 9.17) is 14.7 Å². The van der Waals surface area contributed by atoms with Crippen LogP contribution in [0.15, 0.2) is 88.6 Å². The zero-order valence-corrected chi connectivity index (χ0v) is 46.4. The van der Waals surface area contributed by atoms with Crippen LogP contribution in [-0.4, -0.2) is 79.7 Å². The van der Waals surface area contributed by atoms with Gasteiger partial charge in [0.2, 0.25) is 10.4 Å². The van der Waals surface area contributed by atoms with Gasteiger partial charge < -0.3 is 35.2 Å². The molecule has 0 atom stereocenters. The van der Waals surface area contributed by atoms with Crippen LogP contribution in [0.25, 0.3) is 10.8 Å². The van der Waals surface area contributed by atoms with Crippen LogP contribution in [0.1, 0.15) is 5.56 Å². The number of hydrogen-bond acceptors (Lipinski definition) is 27. The van der Waals surface area contributed by atoms with Gasteiger partial charge in [-0.1, -0.05) is 0 Å². The van der Waals surface area contributed by atoms with Gasteiger partial charge in [0, 0.05) is 6.07 Å². The molecule has 0 aromatic heterocycles. The Labute approximate surface area is 456 Å². The number of nitrogens with zero attached hydrogens (tertiary/aromatic N) is 4. The molecule has 0 aliphatic carbocycles. The van der Waals surface area contributed by atoms with Gasteiger partial charge in [-0.25, -0.2) is 33.7 Å². The molecular weight excluding hydrogens is 1010 g/mol. The van der Waals surface area contributed by atoms with Crippen LogP contribution in [0, 0.1) is 6.92 Å². The fourth-order valence-electron chi connectivity index (χ4n) is 4.86. The van der Waals surface area contributed by atoms with Gasteiger partial charge in [0.1, 0.15) is 32.9 Å². The molecule has 4 rings (SSSR count). The Morgan fingerprint density at radius 3 is 1.92 bits per heavy atom. The second kappa shape index (κ2) is 27.7. The van der Waals surface area contributed by atoms with Crippen LogP contribution < -0.4 is 139 Å². The standard InChI is InChI=1S/C28H29N5O20S6.4Na/c1-15-11-19(20(47-2)14-22(15)57(39,40)9-7-48-55-53-51-36)31-32-26-21(54-52-50-35)12-16-13-23(58(41,42)43)27(25(29)24(16)28(26)34)33-30-17-3-5-18(6-4-17)56(37,38)10-8-49-59(44,45)46;;;;/h3-6,11-14,34-36H,7-10,29H2,1-2H3,(H,41,42,43)(H,44,45,46);;;;/q;4*+1/p-4. The monoisotopic (exact) mass is 1030 g/mol. The Kier molecular flexibility index (Phi) is 27.7. The third-order valence-corrected chi connectivity index (χ3v) is 13.2. The third kappa shape index (κ3) is 17.7. The Bertz CT molecular complexity index is 2720. The Morgan fingerprint density at radius 1 is 0.746 bits per heavy atom. The Hall–Kier alpha value is -0.160. The van der Waals surface area contributed by atoms with Gasteiger partial charge in [-0.2, -0.15) is 9.45 Å². The molecule has 0 spiro atoms. The molecule has 4 aromatic carbocycles. The summed E-state index contributed by atoms with van der Waals surface area (Å²) < 4.78 is 142. The molecule has 0 amide bonds. The van der Waals surface area contributed by atoms with Gasteiger partial charge in [-0.15, -0.1) is 19.7 Å². The fourth-order valence-corrected chi connectivity index (χ4v) is 9.17. The van der Waals surface area contributed by atoms with Crippen molar-refractivity contribution >= 4 is 104 Å². The Morgan fingerprint density at radius 2 is 1.35 bits per heavy atom. The maximum Gasteiger partial charge on any atom is 1.00 e. The number of aromatic hydroxyl groups is 1. The summed E-state index contributed by atoms with van der Waals surface area (Å²) in [6.07, 6.45) is 0. The number of rotatable bonds is 21. The van der Waals surface area contributed by atoms with Crippen molar-refractivity contribution in [2.24, 2.45) is 20.5 Å². The molecule has 0 heterocycles. The molecule has 35 heteroatoms. The second-order valence-electron chi connectivity index (χ2n) is 11.1. The normalized spacial score (nSPS) is 12.1. The first kappa shape index (κ1) is 62.8. The maximum absolute atomic E-state index is 13.0. The van der Waals surface area contributed by atoms with Crippen LogP contribution in [0.3, 0.4) is 0 Å². The zero-order valence-electron chi connectivity index (χ0n) is 33.5. The van der Waals surface area contributed by atoms with Gasteiger partial charge in [0.05, 0.1) is 80.2 Å². The summed E-state index contributed by atoms with van der Waals surface area (Å²) in [6, 6.07) is 8.47. The molecule has 3 N–H and O–H groups in total. The van der Waals surface area contributed by atoms with E-state index in [1.807, 2.05) is 0 Å². The van der Waals surface area contributed by atoms with E-state index in [9.17, 15) is 58.4 Å². The van der Waals surface area contributed by atoms with Crippen LogP contribution >= 0.6 is 24.4 Å². The number of fused-ring (bicyclic) bond motifs is 1. The van der Waals surface area contributed by atoms with E-state index >= 15 is 0 Å². The van der Waals surface area contributed by atoms with E-state index in [0.717, 1.165) is 42.5 Å². The molecular formula is C28H25N5Na4O20S6. The summed E-state index contributed by atoms with van der Waals surface area (Å²) in [5, 5.41) is 53.6. The summed E-state index contributed by atoms with van der Waals surface area (Å²) >= 11 is 0.293. The van der Waals surface area contributed by atoms with Gasteiger partial charge in [0.15, 0.2) is 37.7 Å². The van der Waals surface area contributed by atoms with Crippen molar-refractivity contribution in [1.29, 1.82) is 0 Å². The van der Waals surface area contributed by atoms with Crippen LogP contribution in [0.5, 0.6) is 11.5 Å². The minimum atomic E-state index is -5.39. The van der Waals surface area contributed by atoms with Crippen molar-refractivity contribution in [3.05, 3.63) is 54.1 Å². The number of ether oxygens (including phenoxy) is 1. The van der Waals surface area contributed by atoms with Gasteiger partial charge >= 0.3 is 118 Å². The summed E-state index contributed by atoms with van der Waals surface area (Å²) in [5.74, 6) is -2.41. The summed E-state index contributed by atoms with van der Waals surface area (Å²) in [4.78, 5) is -1.84. The number of anilines is 1. The molecule has 0 saturated heterocycles. The van der Waals surface area contributed by atoms with Gasteiger partial charge in [0.25, 0.3) is 0 Å². The number of hydrogen-bond donors (Lipinski definition) is 2. The number of nitrogen functional groups attached to an aromatic ring is 1. The number of methoxy groups -OCH3 is 1. The molecule has 0 bridgehead atoms. The van der Waals surface area contributed by atoms with E-state index in [0.29, 0.717) is 0 Å². The quantitative estimate of drug-likeness (QED) is 0.00900. The summed E-state index contributed by atoms with van der Waals surface area (Å²) in [5.41, 5.74) is 4.31. The van der Waals surface area contributed by atoms with Crippen molar-refractivity contribution < 1.29 is 208 Å². The number of aryl methyl sites for hydroxylation is 1. The van der Waals surface area contributed by atoms with Crippen LogP contribution in [-0.2, 0) is 67.3 Å². The van der Waals surface area contributed by atoms with Crippen LogP contribution in [0.4, 0.5) is 28.4 Å². The fraction of sp³-hybridized carbons (Fsp3) is 0.214. The minimum absolute atomic E-state index is 0. The smallest absolute Gasteiger partial charge is 0.744 e. The number of nitrogens with two attached hydrogens (primary N) is 1. The molecule has 25 nitrogen and oxygen atoms in total. The molecule has 0 radical (unpaired) electrons. The molecule has 0 aliphatic rings. The number of phenolic OH excluding ortho intramolecular Hbond substituents is 1. The average Bonchev–Trinajstić information content (AvgIpc) is 3.15. The van der Waals surface area contributed by atoms with E-state index in [1.165, 1.54) is 20.1 Å². The van der Waals surface area contributed by atoms with Crippen molar-refractivity contribution in [1.82, 2.24) is 0 Å². The molecule has 0 saturated carbocycles. The van der Waals surface area contributed by atoms with Gasteiger partial charge in [-0.3, -0.25) is 18.4 Å². The van der Waals surface area contributed by atoms with E-state index in [-0.39, 0.29) is 191 Å². The van der Waals surface area contributed by atoms with E-state index in [2.05, 4.69) is 43.4 Å². The average molecular weight is 1040 g/mol. The summed E-state index contributed by atoms with van der Waals surface area (Å²) in [6.45, 7) is 0.0531.